The van der Waals surface area contributed by atoms with Gasteiger partial charge >= 0.3 is 5.97 Å². The van der Waals surface area contributed by atoms with Gasteiger partial charge in [-0.25, -0.2) is 0 Å². The summed E-state index contributed by atoms with van der Waals surface area (Å²) in [4.78, 5) is 25.6. The number of carbonyl (C=O) groups excluding carboxylic acids is 1. The Morgan fingerprint density at radius 3 is 2.80 bits per heavy atom. The van der Waals surface area contributed by atoms with Crippen molar-refractivity contribution in [2.45, 2.75) is 31.3 Å². The molecule has 2 heterocycles. The minimum absolute atomic E-state index is 0.133. The van der Waals surface area contributed by atoms with Crippen LogP contribution in [-0.2, 0) is 14.3 Å². The maximum atomic E-state index is 12.7. The van der Waals surface area contributed by atoms with Gasteiger partial charge in [0.05, 0.1) is 0 Å². The minimum atomic E-state index is -0.898. The molecule has 1 saturated heterocycles. The smallest absolute Gasteiger partial charge is 0.312 e. The third-order valence-electron chi connectivity index (χ3n) is 4.18. The van der Waals surface area contributed by atoms with E-state index in [1.54, 1.807) is 30.0 Å². The van der Waals surface area contributed by atoms with Gasteiger partial charge in [0.15, 0.2) is 0 Å². The molecule has 1 fully saturated rings. The molecule has 1 aromatic carbocycles. The van der Waals surface area contributed by atoms with Gasteiger partial charge in [-0.15, -0.1) is 0 Å². The van der Waals surface area contributed by atoms with Gasteiger partial charge in [0.25, 0.3) is 5.91 Å². The topological polar surface area (TPSA) is 66.8 Å². The molecule has 1 amide bonds. The van der Waals surface area contributed by atoms with E-state index in [2.05, 4.69) is 0 Å². The zero-order valence-electron chi connectivity index (χ0n) is 11.3. The molecule has 2 atom stereocenters. The minimum Gasteiger partial charge on any atom is -0.481 e. The van der Waals surface area contributed by atoms with Crippen molar-refractivity contribution in [1.82, 2.24) is 0 Å². The lowest BCUT2D eigenvalue weighted by Gasteiger charge is -2.28. The van der Waals surface area contributed by atoms with E-state index in [9.17, 15) is 14.7 Å². The van der Waals surface area contributed by atoms with Crippen molar-refractivity contribution in [3.8, 4) is 0 Å². The number of para-hydroxylation sites is 1. The molecule has 5 heteroatoms. The molecular formula is C15H17NO4. The van der Waals surface area contributed by atoms with E-state index in [-0.39, 0.29) is 12.5 Å². The predicted octanol–water partition coefficient (Wildman–Crippen LogP) is 1.77. The molecule has 1 aromatic rings. The second-order valence-corrected chi connectivity index (χ2v) is 5.55. The largest absolute Gasteiger partial charge is 0.481 e. The molecule has 2 aliphatic heterocycles. The molecular weight excluding hydrogens is 258 g/mol. The zero-order chi connectivity index (χ0) is 14.3. The normalized spacial score (nSPS) is 28.4. The highest BCUT2D eigenvalue weighted by Crippen LogP contribution is 2.39. The molecule has 106 valence electrons. The number of ether oxygens (including phenoxy) is 1. The molecule has 0 aliphatic carbocycles. The van der Waals surface area contributed by atoms with Crippen LogP contribution in [0.25, 0.3) is 0 Å². The predicted molar refractivity (Wildman–Crippen MR) is 72.8 cm³/mol. The third kappa shape index (κ3) is 1.89. The van der Waals surface area contributed by atoms with E-state index in [0.29, 0.717) is 24.3 Å². The molecule has 2 unspecified atom stereocenters. The van der Waals surface area contributed by atoms with Gasteiger partial charge in [-0.1, -0.05) is 18.2 Å². The van der Waals surface area contributed by atoms with E-state index in [1.807, 2.05) is 6.07 Å². The van der Waals surface area contributed by atoms with Crippen LogP contribution in [0.5, 0.6) is 0 Å². The molecule has 0 radical (unpaired) electrons. The van der Waals surface area contributed by atoms with Crippen LogP contribution < -0.4 is 4.90 Å². The molecule has 3 rings (SSSR count). The molecule has 0 saturated carbocycles. The lowest BCUT2D eigenvalue weighted by atomic mass is 10.0. The van der Waals surface area contributed by atoms with Crippen LogP contribution >= 0.6 is 0 Å². The maximum Gasteiger partial charge on any atom is 0.312 e. The number of hydrogen-bond acceptors (Lipinski definition) is 3. The average Bonchev–Trinajstić information content (AvgIpc) is 3.03. The molecule has 2 aliphatic rings. The van der Waals surface area contributed by atoms with Crippen LogP contribution in [0.15, 0.2) is 24.3 Å². The first-order valence-electron chi connectivity index (χ1n) is 6.80. The van der Waals surface area contributed by atoms with Gasteiger partial charge in [0.2, 0.25) is 0 Å². The van der Waals surface area contributed by atoms with Crippen molar-refractivity contribution >= 4 is 17.6 Å². The second-order valence-electron chi connectivity index (χ2n) is 5.55. The summed E-state index contributed by atoms with van der Waals surface area (Å²) < 4.78 is 5.59. The Bertz CT molecular complexity index is 563. The summed E-state index contributed by atoms with van der Waals surface area (Å²) >= 11 is 0. The zero-order valence-corrected chi connectivity index (χ0v) is 11.3. The Kier molecular flexibility index (Phi) is 3.01. The number of hydrogen-bond donors (Lipinski definition) is 1. The van der Waals surface area contributed by atoms with Gasteiger partial charge in [-0.05, 0) is 31.4 Å². The Morgan fingerprint density at radius 2 is 2.15 bits per heavy atom. The van der Waals surface area contributed by atoms with Crippen molar-refractivity contribution in [3.63, 3.8) is 0 Å². The molecule has 1 N–H and O–H groups in total. The van der Waals surface area contributed by atoms with Crippen molar-refractivity contribution in [1.29, 1.82) is 0 Å². The average molecular weight is 275 g/mol. The fourth-order valence-corrected chi connectivity index (χ4v) is 3.04. The van der Waals surface area contributed by atoms with Crippen molar-refractivity contribution < 1.29 is 19.4 Å². The summed E-state index contributed by atoms with van der Waals surface area (Å²) in [6, 6.07) is 7.20. The number of benzene rings is 1. The molecule has 20 heavy (non-hydrogen) atoms. The highest BCUT2D eigenvalue weighted by molar-refractivity contribution is 6.03. The highest BCUT2D eigenvalue weighted by atomic mass is 16.5. The lowest BCUT2D eigenvalue weighted by molar-refractivity contribution is -0.139. The van der Waals surface area contributed by atoms with E-state index in [1.165, 1.54) is 0 Å². The summed E-state index contributed by atoms with van der Waals surface area (Å²) in [5.74, 6) is -1.68. The SMILES string of the molecule is CC1(C(=O)N2CC(C(=O)O)c3ccccc32)CCCO1. The van der Waals surface area contributed by atoms with Gasteiger partial charge in [0.1, 0.15) is 11.5 Å². The van der Waals surface area contributed by atoms with Crippen LogP contribution in [0.2, 0.25) is 0 Å². The Morgan fingerprint density at radius 1 is 1.40 bits per heavy atom. The monoisotopic (exact) mass is 275 g/mol. The molecule has 5 nitrogen and oxygen atoms in total. The highest BCUT2D eigenvalue weighted by Gasteiger charge is 2.45. The number of aliphatic carboxylic acids is 1. The standard InChI is InChI=1S/C15H17NO4/c1-15(7-4-8-20-15)14(19)16-9-11(13(17)18)10-5-2-3-6-12(10)16/h2-3,5-6,11H,4,7-9H2,1H3,(H,17,18). The number of carboxylic acids is 1. The fraction of sp³-hybridized carbons (Fsp3) is 0.467. The molecule has 0 spiro atoms. The maximum absolute atomic E-state index is 12.7. The van der Waals surface area contributed by atoms with Gasteiger partial charge < -0.3 is 14.7 Å². The second kappa shape index (κ2) is 4.59. The van der Waals surface area contributed by atoms with Crippen LogP contribution in [0.3, 0.4) is 0 Å². The van der Waals surface area contributed by atoms with E-state index in [0.717, 1.165) is 6.42 Å². The van der Waals surface area contributed by atoms with Crippen LogP contribution in [0.4, 0.5) is 5.69 Å². The van der Waals surface area contributed by atoms with Crippen LogP contribution in [0, 0.1) is 0 Å². The van der Waals surface area contributed by atoms with Gasteiger partial charge in [-0.2, -0.15) is 0 Å². The Hall–Kier alpha value is -1.88. The van der Waals surface area contributed by atoms with Crippen molar-refractivity contribution in [2.75, 3.05) is 18.1 Å². The summed E-state index contributed by atoms with van der Waals surface area (Å²) in [5, 5.41) is 9.32. The first-order chi connectivity index (χ1) is 9.53. The van der Waals surface area contributed by atoms with Crippen LogP contribution in [-0.4, -0.2) is 35.7 Å². The summed E-state index contributed by atoms with van der Waals surface area (Å²) in [5.41, 5.74) is 0.581. The van der Waals surface area contributed by atoms with E-state index < -0.39 is 17.5 Å². The van der Waals surface area contributed by atoms with E-state index in [4.69, 9.17) is 4.74 Å². The number of carbonyl (C=O) groups is 2. The quantitative estimate of drug-likeness (QED) is 0.893. The Labute approximate surface area is 117 Å². The van der Waals surface area contributed by atoms with Crippen molar-refractivity contribution in [2.24, 2.45) is 0 Å². The lowest BCUT2D eigenvalue weighted by Crippen LogP contribution is -2.46. The number of amides is 1. The van der Waals surface area contributed by atoms with Gasteiger partial charge in [0, 0.05) is 18.8 Å². The van der Waals surface area contributed by atoms with Crippen molar-refractivity contribution in [3.05, 3.63) is 29.8 Å². The van der Waals surface area contributed by atoms with Crippen LogP contribution in [0.1, 0.15) is 31.2 Å². The number of fused-ring (bicyclic) bond motifs is 1. The summed E-state index contributed by atoms with van der Waals surface area (Å²) in [7, 11) is 0. The summed E-state index contributed by atoms with van der Waals surface area (Å²) in [6.07, 6.45) is 1.54. The van der Waals surface area contributed by atoms with Gasteiger partial charge in [-0.3, -0.25) is 9.59 Å². The first kappa shape index (κ1) is 13.1. The fourth-order valence-electron chi connectivity index (χ4n) is 3.04. The molecule has 0 aromatic heterocycles. The summed E-state index contributed by atoms with van der Waals surface area (Å²) in [6.45, 7) is 2.56. The Balaban J connectivity index is 1.96. The number of anilines is 1. The number of nitrogens with zero attached hydrogens (tertiary/aromatic N) is 1. The van der Waals surface area contributed by atoms with E-state index >= 15 is 0 Å². The number of rotatable bonds is 2. The first-order valence-corrected chi connectivity index (χ1v) is 6.80. The number of carboxylic acid groups (broad SMARTS) is 1. The third-order valence-corrected chi connectivity index (χ3v) is 4.18. The molecule has 0 bridgehead atoms.